The summed E-state index contributed by atoms with van der Waals surface area (Å²) in [5.74, 6) is 2.19. The smallest absolute Gasteiger partial charge is 0.224 e. The molecular weight excluding hydrogens is 236 g/mol. The third-order valence-corrected chi connectivity index (χ3v) is 3.34. The number of aromatic nitrogens is 2. The Kier molecular flexibility index (Phi) is 3.31. The van der Waals surface area contributed by atoms with E-state index in [-0.39, 0.29) is 0 Å². The van der Waals surface area contributed by atoms with Crippen LogP contribution >= 0.6 is 0 Å². The Balaban J connectivity index is 1.63. The van der Waals surface area contributed by atoms with Crippen LogP contribution < -0.4 is 10.6 Å². The van der Waals surface area contributed by atoms with E-state index < -0.39 is 0 Å². The maximum atomic E-state index is 4.44. The summed E-state index contributed by atoms with van der Waals surface area (Å²) < 4.78 is 0. The van der Waals surface area contributed by atoms with Crippen molar-refractivity contribution in [2.24, 2.45) is 0 Å². The molecule has 1 heterocycles. The molecule has 19 heavy (non-hydrogen) atoms. The van der Waals surface area contributed by atoms with E-state index in [0.717, 1.165) is 12.4 Å². The first-order chi connectivity index (χ1) is 9.36. The molecule has 1 fully saturated rings. The monoisotopic (exact) mass is 254 g/mol. The molecular formula is C15H18N4. The van der Waals surface area contributed by atoms with Gasteiger partial charge < -0.3 is 10.6 Å². The summed E-state index contributed by atoms with van der Waals surface area (Å²) >= 11 is 0. The van der Waals surface area contributed by atoms with Crippen LogP contribution in [0.2, 0.25) is 0 Å². The number of hydrogen-bond donors (Lipinski definition) is 2. The molecule has 1 aromatic heterocycles. The minimum Gasteiger partial charge on any atom is -0.367 e. The zero-order chi connectivity index (χ0) is 13.1. The summed E-state index contributed by atoms with van der Waals surface area (Å²) in [4.78, 5) is 8.61. The van der Waals surface area contributed by atoms with Crippen molar-refractivity contribution in [3.05, 3.63) is 48.2 Å². The highest BCUT2D eigenvalue weighted by atomic mass is 15.1. The van der Waals surface area contributed by atoms with Crippen molar-refractivity contribution in [2.75, 3.05) is 17.2 Å². The van der Waals surface area contributed by atoms with Gasteiger partial charge in [-0.3, -0.25) is 0 Å². The molecule has 4 heteroatoms. The topological polar surface area (TPSA) is 49.8 Å². The Morgan fingerprint density at radius 3 is 2.84 bits per heavy atom. The molecule has 0 spiro atoms. The van der Waals surface area contributed by atoms with Crippen LogP contribution in [-0.4, -0.2) is 22.6 Å². The van der Waals surface area contributed by atoms with Gasteiger partial charge in [-0.1, -0.05) is 30.3 Å². The summed E-state index contributed by atoms with van der Waals surface area (Å²) in [6, 6.07) is 13.0. The van der Waals surface area contributed by atoms with E-state index in [1.165, 1.54) is 12.0 Å². The third-order valence-electron chi connectivity index (χ3n) is 3.34. The molecule has 2 aromatic rings. The van der Waals surface area contributed by atoms with Gasteiger partial charge in [0.25, 0.3) is 0 Å². The van der Waals surface area contributed by atoms with Crippen LogP contribution in [0.1, 0.15) is 24.8 Å². The van der Waals surface area contributed by atoms with Crippen molar-refractivity contribution in [3.63, 3.8) is 0 Å². The number of rotatable bonds is 5. The van der Waals surface area contributed by atoms with Crippen LogP contribution in [0, 0.1) is 0 Å². The molecule has 98 valence electrons. The molecule has 1 aromatic carbocycles. The zero-order valence-corrected chi connectivity index (χ0v) is 11.0. The molecule has 2 N–H and O–H groups in total. The van der Waals surface area contributed by atoms with Crippen molar-refractivity contribution in [1.82, 2.24) is 9.97 Å². The van der Waals surface area contributed by atoms with Gasteiger partial charge in [-0.05, 0) is 25.0 Å². The highest BCUT2D eigenvalue weighted by molar-refractivity contribution is 5.44. The molecule has 0 radical (unpaired) electrons. The molecule has 1 aliphatic rings. The van der Waals surface area contributed by atoms with Gasteiger partial charge in [0, 0.05) is 24.7 Å². The predicted octanol–water partition coefficient (Wildman–Crippen LogP) is 2.88. The van der Waals surface area contributed by atoms with Gasteiger partial charge in [0.05, 0.1) is 0 Å². The number of benzene rings is 1. The lowest BCUT2D eigenvalue weighted by Crippen LogP contribution is -2.08. The fourth-order valence-corrected chi connectivity index (χ4v) is 2.30. The van der Waals surface area contributed by atoms with E-state index in [9.17, 15) is 0 Å². The zero-order valence-electron chi connectivity index (χ0n) is 11.0. The predicted molar refractivity (Wildman–Crippen MR) is 77.4 cm³/mol. The molecule has 2 atom stereocenters. The van der Waals surface area contributed by atoms with E-state index in [1.807, 2.05) is 13.0 Å². The lowest BCUT2D eigenvalue weighted by molar-refractivity contribution is 1.01. The van der Waals surface area contributed by atoms with Crippen molar-refractivity contribution in [2.45, 2.75) is 25.3 Å². The van der Waals surface area contributed by atoms with Crippen LogP contribution in [0.5, 0.6) is 0 Å². The molecule has 0 aliphatic heterocycles. The van der Waals surface area contributed by atoms with Gasteiger partial charge in [-0.25, -0.2) is 4.98 Å². The van der Waals surface area contributed by atoms with Crippen LogP contribution in [0.15, 0.2) is 42.6 Å². The number of hydrogen-bond acceptors (Lipinski definition) is 4. The minimum absolute atomic E-state index is 0.492. The molecule has 1 saturated carbocycles. The quantitative estimate of drug-likeness (QED) is 0.861. The van der Waals surface area contributed by atoms with E-state index >= 15 is 0 Å². The molecule has 4 nitrogen and oxygen atoms in total. The Morgan fingerprint density at radius 2 is 2.05 bits per heavy atom. The largest absolute Gasteiger partial charge is 0.367 e. The van der Waals surface area contributed by atoms with E-state index in [0.29, 0.717) is 17.9 Å². The average molecular weight is 254 g/mol. The highest BCUT2D eigenvalue weighted by Gasteiger charge is 2.38. The van der Waals surface area contributed by atoms with Crippen LogP contribution in [0.3, 0.4) is 0 Å². The number of nitrogens with zero attached hydrogens (tertiary/aromatic N) is 2. The van der Waals surface area contributed by atoms with E-state index in [4.69, 9.17) is 0 Å². The maximum Gasteiger partial charge on any atom is 0.224 e. The fraction of sp³-hybridized carbons (Fsp3) is 0.333. The number of anilines is 2. The van der Waals surface area contributed by atoms with Crippen molar-refractivity contribution in [3.8, 4) is 0 Å². The van der Waals surface area contributed by atoms with Gasteiger partial charge in [-0.2, -0.15) is 4.98 Å². The summed E-state index contributed by atoms with van der Waals surface area (Å²) in [6.45, 7) is 2.87. The highest BCUT2D eigenvalue weighted by Crippen LogP contribution is 2.42. The normalized spacial score (nSPS) is 20.9. The molecule has 0 bridgehead atoms. The minimum atomic E-state index is 0.492. The lowest BCUT2D eigenvalue weighted by atomic mass is 10.1. The first kappa shape index (κ1) is 12.0. The second-order valence-corrected chi connectivity index (χ2v) is 4.80. The second-order valence-electron chi connectivity index (χ2n) is 4.80. The SMILES string of the molecule is CCNc1nccc(NC2CC2c2ccccc2)n1. The fourth-order valence-electron chi connectivity index (χ4n) is 2.30. The molecule has 0 saturated heterocycles. The summed E-state index contributed by atoms with van der Waals surface area (Å²) in [7, 11) is 0. The standard InChI is InChI=1S/C15H18N4/c1-2-16-15-17-9-8-14(19-15)18-13-10-12(13)11-6-4-3-5-7-11/h3-9,12-13H,2,10H2,1H3,(H2,16,17,18,19). The molecule has 3 rings (SSSR count). The Hall–Kier alpha value is -2.10. The van der Waals surface area contributed by atoms with Crippen LogP contribution in [-0.2, 0) is 0 Å². The van der Waals surface area contributed by atoms with Gasteiger partial charge in [0.1, 0.15) is 5.82 Å². The van der Waals surface area contributed by atoms with Crippen LogP contribution in [0.4, 0.5) is 11.8 Å². The molecule has 2 unspecified atom stereocenters. The summed E-state index contributed by atoms with van der Waals surface area (Å²) in [5.41, 5.74) is 1.40. The molecule has 0 amide bonds. The maximum absolute atomic E-state index is 4.44. The van der Waals surface area contributed by atoms with Crippen molar-refractivity contribution >= 4 is 11.8 Å². The second kappa shape index (κ2) is 5.26. The first-order valence-electron chi connectivity index (χ1n) is 6.75. The summed E-state index contributed by atoms with van der Waals surface area (Å²) in [6.07, 6.45) is 2.96. The van der Waals surface area contributed by atoms with Gasteiger partial charge in [0.15, 0.2) is 0 Å². The van der Waals surface area contributed by atoms with Crippen LogP contribution in [0.25, 0.3) is 0 Å². The van der Waals surface area contributed by atoms with E-state index in [1.54, 1.807) is 6.20 Å². The molecule has 1 aliphatic carbocycles. The average Bonchev–Trinajstić information content (AvgIpc) is 3.20. The Morgan fingerprint density at radius 1 is 1.21 bits per heavy atom. The van der Waals surface area contributed by atoms with Gasteiger partial charge >= 0.3 is 0 Å². The van der Waals surface area contributed by atoms with Crippen molar-refractivity contribution in [1.29, 1.82) is 0 Å². The lowest BCUT2D eigenvalue weighted by Gasteiger charge is -2.07. The first-order valence-corrected chi connectivity index (χ1v) is 6.75. The number of nitrogens with one attached hydrogen (secondary N) is 2. The third kappa shape index (κ3) is 2.84. The van der Waals surface area contributed by atoms with Crippen molar-refractivity contribution < 1.29 is 0 Å². The van der Waals surface area contributed by atoms with Gasteiger partial charge in [0.2, 0.25) is 5.95 Å². The Bertz CT molecular complexity index is 541. The Labute approximate surface area is 113 Å². The van der Waals surface area contributed by atoms with Gasteiger partial charge in [-0.15, -0.1) is 0 Å². The van der Waals surface area contributed by atoms with E-state index in [2.05, 4.69) is 50.9 Å². The summed E-state index contributed by atoms with van der Waals surface area (Å²) in [5, 5.41) is 6.59.